The first-order valence-electron chi connectivity index (χ1n) is 5.08. The number of aromatic nitrogens is 3. The third-order valence-electron chi connectivity index (χ3n) is 2.70. The Kier molecular flexibility index (Phi) is 2.56. The van der Waals surface area contributed by atoms with Crippen molar-refractivity contribution in [2.24, 2.45) is 0 Å². The third-order valence-corrected chi connectivity index (χ3v) is 2.70. The summed E-state index contributed by atoms with van der Waals surface area (Å²) in [6, 6.07) is 3.84. The molecule has 16 heavy (non-hydrogen) atoms. The number of hydrogen-bond acceptors (Lipinski definition) is 3. The molecule has 82 valence electrons. The fourth-order valence-corrected chi connectivity index (χ4v) is 1.60. The van der Waals surface area contributed by atoms with Crippen LogP contribution in [0.2, 0.25) is 0 Å². The van der Waals surface area contributed by atoms with Crippen molar-refractivity contribution in [3.05, 3.63) is 45.5 Å². The summed E-state index contributed by atoms with van der Waals surface area (Å²) in [6.07, 6.45) is 1.74. The van der Waals surface area contributed by atoms with Crippen LogP contribution in [0.5, 0.6) is 0 Å². The first-order valence-corrected chi connectivity index (χ1v) is 5.08. The summed E-state index contributed by atoms with van der Waals surface area (Å²) in [5.41, 5.74) is 4.20. The van der Waals surface area contributed by atoms with Gasteiger partial charge in [0.2, 0.25) is 0 Å². The van der Waals surface area contributed by atoms with Gasteiger partial charge in [0.25, 0.3) is 5.56 Å². The van der Waals surface area contributed by atoms with Crippen LogP contribution >= 0.6 is 0 Å². The fraction of sp³-hybridized carbons (Fsp3) is 0.250. The number of pyridine rings is 1. The minimum Gasteiger partial charge on any atom is -0.268 e. The maximum absolute atomic E-state index is 11.4. The van der Waals surface area contributed by atoms with E-state index in [9.17, 15) is 4.79 Å². The van der Waals surface area contributed by atoms with Crippen molar-refractivity contribution >= 4 is 0 Å². The zero-order valence-electron chi connectivity index (χ0n) is 9.53. The largest absolute Gasteiger partial charge is 0.268 e. The van der Waals surface area contributed by atoms with Gasteiger partial charge < -0.3 is 0 Å². The molecule has 0 radical (unpaired) electrons. The van der Waals surface area contributed by atoms with E-state index in [1.807, 2.05) is 26.0 Å². The predicted molar refractivity (Wildman–Crippen MR) is 62.3 cm³/mol. The summed E-state index contributed by atoms with van der Waals surface area (Å²) < 4.78 is 0. The molecule has 0 aliphatic carbocycles. The van der Waals surface area contributed by atoms with Crippen molar-refractivity contribution in [1.29, 1.82) is 0 Å². The Labute approximate surface area is 93.4 Å². The van der Waals surface area contributed by atoms with Crippen LogP contribution in [0, 0.1) is 20.8 Å². The third kappa shape index (κ3) is 1.74. The Morgan fingerprint density at radius 3 is 2.62 bits per heavy atom. The number of aromatic amines is 1. The maximum atomic E-state index is 11.4. The molecule has 0 aromatic carbocycles. The van der Waals surface area contributed by atoms with Gasteiger partial charge in [-0.1, -0.05) is 0 Å². The normalized spacial score (nSPS) is 10.4. The molecule has 0 saturated heterocycles. The van der Waals surface area contributed by atoms with E-state index in [4.69, 9.17) is 0 Å². The van der Waals surface area contributed by atoms with Gasteiger partial charge in [-0.3, -0.25) is 9.78 Å². The molecule has 0 atom stereocenters. The lowest BCUT2D eigenvalue weighted by atomic mass is 10.0. The zero-order valence-corrected chi connectivity index (χ0v) is 9.53. The summed E-state index contributed by atoms with van der Waals surface area (Å²) in [6.45, 7) is 5.63. The Hall–Kier alpha value is -1.97. The van der Waals surface area contributed by atoms with E-state index in [-0.39, 0.29) is 5.56 Å². The van der Waals surface area contributed by atoms with E-state index >= 15 is 0 Å². The first-order chi connectivity index (χ1) is 7.59. The van der Waals surface area contributed by atoms with Crippen molar-refractivity contribution in [2.75, 3.05) is 0 Å². The van der Waals surface area contributed by atoms with Crippen molar-refractivity contribution in [2.45, 2.75) is 20.8 Å². The molecule has 0 bridgehead atoms. The predicted octanol–water partition coefficient (Wildman–Crippen LogP) is 1.76. The number of nitrogens with one attached hydrogen (secondary N) is 1. The van der Waals surface area contributed by atoms with E-state index in [2.05, 4.69) is 15.2 Å². The quantitative estimate of drug-likeness (QED) is 0.788. The number of H-pyrrole nitrogens is 1. The molecule has 0 fully saturated rings. The van der Waals surface area contributed by atoms with Gasteiger partial charge in [0.05, 0.1) is 5.69 Å². The van der Waals surface area contributed by atoms with E-state index in [1.54, 1.807) is 13.1 Å². The molecule has 2 heterocycles. The molecular formula is C12H13N3O. The van der Waals surface area contributed by atoms with Gasteiger partial charge in [-0.15, -0.1) is 0 Å². The van der Waals surface area contributed by atoms with Crippen LogP contribution in [-0.2, 0) is 0 Å². The molecule has 0 unspecified atom stereocenters. The lowest BCUT2D eigenvalue weighted by Gasteiger charge is -2.06. The Bertz CT molecular complexity index is 587. The van der Waals surface area contributed by atoms with Gasteiger partial charge in [0, 0.05) is 23.0 Å². The average molecular weight is 215 g/mol. The van der Waals surface area contributed by atoms with Gasteiger partial charge >= 0.3 is 0 Å². The van der Waals surface area contributed by atoms with Crippen LogP contribution in [-0.4, -0.2) is 15.2 Å². The summed E-state index contributed by atoms with van der Waals surface area (Å²) in [4.78, 5) is 15.5. The zero-order chi connectivity index (χ0) is 11.7. The van der Waals surface area contributed by atoms with Crippen LogP contribution in [0.4, 0.5) is 0 Å². The highest BCUT2D eigenvalue weighted by atomic mass is 16.1. The topological polar surface area (TPSA) is 58.6 Å². The van der Waals surface area contributed by atoms with Crippen LogP contribution in [0.15, 0.2) is 23.1 Å². The van der Waals surface area contributed by atoms with Crippen LogP contribution in [0.1, 0.15) is 16.8 Å². The molecule has 0 spiro atoms. The first kappa shape index (κ1) is 10.5. The molecule has 1 N–H and O–H groups in total. The molecule has 2 aromatic rings. The van der Waals surface area contributed by atoms with Crippen molar-refractivity contribution < 1.29 is 0 Å². The van der Waals surface area contributed by atoms with Crippen molar-refractivity contribution in [3.8, 4) is 11.3 Å². The second-order valence-corrected chi connectivity index (χ2v) is 3.84. The highest BCUT2D eigenvalue weighted by Crippen LogP contribution is 2.20. The average Bonchev–Trinajstić information content (AvgIpc) is 2.26. The van der Waals surface area contributed by atoms with Crippen LogP contribution in [0.3, 0.4) is 0 Å². The highest BCUT2D eigenvalue weighted by molar-refractivity contribution is 5.63. The Balaban J connectivity index is 2.66. The van der Waals surface area contributed by atoms with Gasteiger partial charge in [0.15, 0.2) is 0 Å². The van der Waals surface area contributed by atoms with Gasteiger partial charge in [-0.2, -0.15) is 5.10 Å². The van der Waals surface area contributed by atoms with E-state index in [1.165, 1.54) is 0 Å². The van der Waals surface area contributed by atoms with Crippen molar-refractivity contribution in [3.63, 3.8) is 0 Å². The van der Waals surface area contributed by atoms with Crippen LogP contribution in [0.25, 0.3) is 11.3 Å². The monoisotopic (exact) mass is 215 g/mol. The molecule has 4 heteroatoms. The number of rotatable bonds is 1. The van der Waals surface area contributed by atoms with Gasteiger partial charge in [0.1, 0.15) is 0 Å². The second-order valence-electron chi connectivity index (χ2n) is 3.84. The summed E-state index contributed by atoms with van der Waals surface area (Å²) in [7, 11) is 0. The molecule has 0 amide bonds. The van der Waals surface area contributed by atoms with E-state index < -0.39 is 0 Å². The summed E-state index contributed by atoms with van der Waals surface area (Å²) >= 11 is 0. The lowest BCUT2D eigenvalue weighted by Crippen LogP contribution is -2.14. The Morgan fingerprint density at radius 1 is 1.19 bits per heavy atom. The van der Waals surface area contributed by atoms with Crippen molar-refractivity contribution in [1.82, 2.24) is 15.2 Å². The lowest BCUT2D eigenvalue weighted by molar-refractivity contribution is 0.957. The number of aryl methyl sites for hydroxylation is 1. The van der Waals surface area contributed by atoms with Gasteiger partial charge in [-0.05, 0) is 38.5 Å². The summed E-state index contributed by atoms with van der Waals surface area (Å²) in [5, 5.41) is 6.59. The van der Waals surface area contributed by atoms with E-state index in [0.717, 1.165) is 22.5 Å². The SMILES string of the molecule is Cc1cc(-c2n[nH]c(=O)c(C)c2C)ccn1. The second kappa shape index (κ2) is 3.89. The van der Waals surface area contributed by atoms with Gasteiger partial charge in [-0.25, -0.2) is 5.10 Å². The molecule has 0 aliphatic heterocycles. The number of nitrogens with zero attached hydrogens (tertiary/aromatic N) is 2. The minimum absolute atomic E-state index is 0.132. The van der Waals surface area contributed by atoms with Crippen LogP contribution < -0.4 is 5.56 Å². The molecule has 0 aliphatic rings. The minimum atomic E-state index is -0.132. The highest BCUT2D eigenvalue weighted by Gasteiger charge is 2.08. The molecule has 2 rings (SSSR count). The Morgan fingerprint density at radius 2 is 1.94 bits per heavy atom. The molecule has 2 aromatic heterocycles. The fourth-order valence-electron chi connectivity index (χ4n) is 1.60. The molecule has 4 nitrogen and oxygen atoms in total. The maximum Gasteiger partial charge on any atom is 0.267 e. The smallest absolute Gasteiger partial charge is 0.267 e. The van der Waals surface area contributed by atoms with E-state index in [0.29, 0.717) is 5.56 Å². The standard InChI is InChI=1S/C12H13N3O/c1-7-6-10(4-5-13-7)11-8(2)9(3)12(16)15-14-11/h4-6H,1-3H3,(H,15,16). The molecular weight excluding hydrogens is 202 g/mol. The molecule has 0 saturated carbocycles. The summed E-state index contributed by atoms with van der Waals surface area (Å²) in [5.74, 6) is 0. The number of hydrogen-bond donors (Lipinski definition) is 1.